The van der Waals surface area contributed by atoms with Crippen LogP contribution in [0, 0.1) is 12.8 Å². The number of carbonyl (C=O) groups is 1. The molecular formula is C15H18N6O2S3. The van der Waals surface area contributed by atoms with E-state index in [9.17, 15) is 9.59 Å². The van der Waals surface area contributed by atoms with Crippen molar-refractivity contribution in [3.05, 3.63) is 27.1 Å². The van der Waals surface area contributed by atoms with Crippen LogP contribution in [0.4, 0.5) is 5.13 Å². The molecule has 0 aliphatic carbocycles. The van der Waals surface area contributed by atoms with Crippen LogP contribution in [0.1, 0.15) is 37.4 Å². The molecule has 26 heavy (non-hydrogen) atoms. The van der Waals surface area contributed by atoms with Crippen LogP contribution >= 0.6 is 34.4 Å². The van der Waals surface area contributed by atoms with Crippen molar-refractivity contribution in [2.75, 3.05) is 5.32 Å². The van der Waals surface area contributed by atoms with Gasteiger partial charge in [-0.25, -0.2) is 4.98 Å². The van der Waals surface area contributed by atoms with Gasteiger partial charge in [0, 0.05) is 17.7 Å². The summed E-state index contributed by atoms with van der Waals surface area (Å²) in [7, 11) is 0. The van der Waals surface area contributed by atoms with Crippen LogP contribution in [0.15, 0.2) is 15.2 Å². The van der Waals surface area contributed by atoms with Crippen molar-refractivity contribution in [3.63, 3.8) is 0 Å². The van der Waals surface area contributed by atoms with Crippen molar-refractivity contribution in [3.8, 4) is 0 Å². The summed E-state index contributed by atoms with van der Waals surface area (Å²) < 4.78 is 2.03. The highest BCUT2D eigenvalue weighted by Gasteiger charge is 2.16. The van der Waals surface area contributed by atoms with Gasteiger partial charge in [-0.15, -0.1) is 10.2 Å². The second-order valence-electron chi connectivity index (χ2n) is 5.57. The molecule has 0 aliphatic heterocycles. The summed E-state index contributed by atoms with van der Waals surface area (Å²) >= 11 is 4.13. The van der Waals surface area contributed by atoms with Gasteiger partial charge in [-0.1, -0.05) is 48.3 Å². The molecule has 0 spiro atoms. The van der Waals surface area contributed by atoms with Gasteiger partial charge in [-0.2, -0.15) is 9.61 Å². The number of hydrogen-bond donors (Lipinski definition) is 1. The Morgan fingerprint density at radius 3 is 2.81 bits per heavy atom. The van der Waals surface area contributed by atoms with Crippen LogP contribution < -0.4 is 10.9 Å². The SMILES string of the molecule is CCC(CC)C(=O)Nc1nnc(SCc2cc(=O)n3nc(C)sc3n2)s1. The third-order valence-electron chi connectivity index (χ3n) is 3.74. The Hall–Kier alpha value is -1.85. The molecule has 0 aliphatic rings. The fourth-order valence-corrected chi connectivity index (χ4v) is 4.76. The molecule has 8 nitrogen and oxygen atoms in total. The lowest BCUT2D eigenvalue weighted by Crippen LogP contribution is -2.21. The summed E-state index contributed by atoms with van der Waals surface area (Å²) in [5.41, 5.74) is 0.479. The molecule has 3 aromatic rings. The average molecular weight is 411 g/mol. The normalized spacial score (nSPS) is 11.4. The first kappa shape index (κ1) is 18.9. The molecular weight excluding hydrogens is 392 g/mol. The van der Waals surface area contributed by atoms with Gasteiger partial charge in [0.05, 0.1) is 5.69 Å². The molecule has 138 valence electrons. The van der Waals surface area contributed by atoms with Gasteiger partial charge in [-0.3, -0.25) is 9.59 Å². The maximum atomic E-state index is 12.1. The molecule has 0 fully saturated rings. The lowest BCUT2D eigenvalue weighted by atomic mass is 10.0. The Kier molecular flexibility index (Phi) is 5.99. The highest BCUT2D eigenvalue weighted by atomic mass is 32.2. The van der Waals surface area contributed by atoms with E-state index in [-0.39, 0.29) is 17.4 Å². The Balaban J connectivity index is 1.65. The molecule has 1 N–H and O–H groups in total. The van der Waals surface area contributed by atoms with E-state index >= 15 is 0 Å². The van der Waals surface area contributed by atoms with E-state index in [0.717, 1.165) is 17.8 Å². The second-order valence-corrected chi connectivity index (χ2v) is 8.93. The molecule has 0 atom stereocenters. The minimum absolute atomic E-state index is 0.0123. The first-order valence-electron chi connectivity index (χ1n) is 8.13. The van der Waals surface area contributed by atoms with Crippen LogP contribution in [-0.4, -0.2) is 30.7 Å². The smallest absolute Gasteiger partial charge is 0.275 e. The van der Waals surface area contributed by atoms with Gasteiger partial charge in [0.15, 0.2) is 4.34 Å². The summed E-state index contributed by atoms with van der Waals surface area (Å²) in [6, 6.07) is 1.48. The molecule has 0 saturated heterocycles. The average Bonchev–Trinajstić information content (AvgIpc) is 3.20. The molecule has 3 rings (SSSR count). The molecule has 11 heteroatoms. The number of thioether (sulfide) groups is 1. The first-order chi connectivity index (χ1) is 12.5. The van der Waals surface area contributed by atoms with Crippen molar-refractivity contribution >= 4 is 50.4 Å². The topological polar surface area (TPSA) is 102 Å². The molecule has 1 amide bonds. The quantitative estimate of drug-likeness (QED) is 0.472. The van der Waals surface area contributed by atoms with Crippen molar-refractivity contribution in [1.82, 2.24) is 24.8 Å². The highest BCUT2D eigenvalue weighted by Crippen LogP contribution is 2.28. The number of anilines is 1. The number of carbonyl (C=O) groups excluding carboxylic acids is 1. The summed E-state index contributed by atoms with van der Waals surface area (Å²) in [5, 5.41) is 16.3. The van der Waals surface area contributed by atoms with E-state index in [4.69, 9.17) is 0 Å². The van der Waals surface area contributed by atoms with Gasteiger partial charge < -0.3 is 5.32 Å². The second kappa shape index (κ2) is 8.23. The Morgan fingerprint density at radius 2 is 2.08 bits per heavy atom. The van der Waals surface area contributed by atoms with Crippen molar-refractivity contribution in [2.24, 2.45) is 5.92 Å². The number of nitrogens with zero attached hydrogens (tertiary/aromatic N) is 5. The number of rotatable bonds is 7. The fraction of sp³-hybridized carbons (Fsp3) is 0.467. The Bertz CT molecular complexity index is 975. The molecule has 0 unspecified atom stereocenters. The van der Waals surface area contributed by atoms with E-state index in [1.807, 2.05) is 20.8 Å². The fourth-order valence-electron chi connectivity index (χ4n) is 2.35. The molecule has 3 aromatic heterocycles. The third kappa shape index (κ3) is 4.27. The van der Waals surface area contributed by atoms with Crippen molar-refractivity contribution in [1.29, 1.82) is 0 Å². The largest absolute Gasteiger partial charge is 0.300 e. The van der Waals surface area contributed by atoms with Gasteiger partial charge in [-0.05, 0) is 19.8 Å². The van der Waals surface area contributed by atoms with Crippen LogP contribution in [0.2, 0.25) is 0 Å². The third-order valence-corrected chi connectivity index (χ3v) is 6.57. The molecule has 0 aromatic carbocycles. The van der Waals surface area contributed by atoms with Gasteiger partial charge in [0.1, 0.15) is 5.01 Å². The van der Waals surface area contributed by atoms with E-state index in [2.05, 4.69) is 25.6 Å². The molecule has 3 heterocycles. The number of amides is 1. The zero-order chi connectivity index (χ0) is 18.7. The first-order valence-corrected chi connectivity index (χ1v) is 10.8. The minimum atomic E-state index is -0.190. The lowest BCUT2D eigenvalue weighted by Gasteiger charge is -2.09. The summed E-state index contributed by atoms with van der Waals surface area (Å²) in [6.45, 7) is 5.82. The van der Waals surface area contributed by atoms with Gasteiger partial charge >= 0.3 is 0 Å². The zero-order valence-electron chi connectivity index (χ0n) is 14.6. The van der Waals surface area contributed by atoms with Crippen LogP contribution in [0.3, 0.4) is 0 Å². The molecule has 0 bridgehead atoms. The monoisotopic (exact) mass is 410 g/mol. The number of nitrogens with one attached hydrogen (secondary N) is 1. The highest BCUT2D eigenvalue weighted by molar-refractivity contribution is 8.00. The van der Waals surface area contributed by atoms with E-state index in [1.165, 1.54) is 45.0 Å². The number of aryl methyl sites for hydroxylation is 1. The zero-order valence-corrected chi connectivity index (χ0v) is 17.0. The molecule has 0 radical (unpaired) electrons. The number of aromatic nitrogens is 5. The van der Waals surface area contributed by atoms with E-state index < -0.39 is 0 Å². The summed E-state index contributed by atoms with van der Waals surface area (Å²) in [4.78, 5) is 29.2. The predicted octanol–water partition coefficient (Wildman–Crippen LogP) is 2.98. The van der Waals surface area contributed by atoms with Crippen LogP contribution in [0.5, 0.6) is 0 Å². The van der Waals surface area contributed by atoms with Crippen LogP contribution in [0.25, 0.3) is 4.96 Å². The number of hydrogen-bond acceptors (Lipinski definition) is 9. The predicted molar refractivity (Wildman–Crippen MR) is 104 cm³/mol. The Labute approximate surface area is 162 Å². The maximum Gasteiger partial charge on any atom is 0.275 e. The van der Waals surface area contributed by atoms with Gasteiger partial charge in [0.25, 0.3) is 5.56 Å². The van der Waals surface area contributed by atoms with Crippen molar-refractivity contribution in [2.45, 2.75) is 43.7 Å². The number of fused-ring (bicyclic) bond motifs is 1. The Morgan fingerprint density at radius 1 is 1.31 bits per heavy atom. The standard InChI is InChI=1S/C15H18N6O2S3/c1-4-9(5-2)12(23)17-13-18-19-15(26-13)24-7-10-6-11(22)21-14(16-10)25-8(3)20-21/h6,9H,4-5,7H2,1-3H3,(H,17,18,23). The maximum absolute atomic E-state index is 12.1. The van der Waals surface area contributed by atoms with E-state index in [0.29, 0.717) is 25.9 Å². The minimum Gasteiger partial charge on any atom is -0.300 e. The molecule has 0 saturated carbocycles. The lowest BCUT2D eigenvalue weighted by molar-refractivity contribution is -0.120. The van der Waals surface area contributed by atoms with E-state index in [1.54, 1.807) is 0 Å². The summed E-state index contributed by atoms with van der Waals surface area (Å²) in [6.07, 6.45) is 1.59. The summed E-state index contributed by atoms with van der Waals surface area (Å²) in [5.74, 6) is 0.461. The van der Waals surface area contributed by atoms with Crippen molar-refractivity contribution < 1.29 is 4.79 Å². The van der Waals surface area contributed by atoms with Gasteiger partial charge in [0.2, 0.25) is 16.0 Å². The van der Waals surface area contributed by atoms with Crippen LogP contribution in [-0.2, 0) is 10.5 Å².